The summed E-state index contributed by atoms with van der Waals surface area (Å²) in [6, 6.07) is 0. The quantitative estimate of drug-likeness (QED) is 0.482. The van der Waals surface area contributed by atoms with Crippen LogP contribution in [0, 0.1) is 16.7 Å². The predicted molar refractivity (Wildman–Crippen MR) is 69.5 cm³/mol. The maximum Gasteiger partial charge on any atom is 0.103 e. The van der Waals surface area contributed by atoms with Gasteiger partial charge in [0, 0.05) is 0 Å². The number of rotatable bonds is 5. The van der Waals surface area contributed by atoms with Crippen LogP contribution in [-0.4, -0.2) is 5.54 Å². The Kier molecular flexibility index (Phi) is 5.43. The minimum atomic E-state index is -0.306. The average Bonchev–Trinajstić information content (AvgIpc) is 2.57. The van der Waals surface area contributed by atoms with Crippen LogP contribution in [0.4, 0.5) is 0 Å². The largest absolute Gasteiger partial charge is 0.150 e. The first-order chi connectivity index (χ1) is 7.62. The van der Waals surface area contributed by atoms with Gasteiger partial charge in [-0.25, -0.2) is 0 Å². The van der Waals surface area contributed by atoms with E-state index in [1.54, 1.807) is 0 Å². The summed E-state index contributed by atoms with van der Waals surface area (Å²) in [4.78, 5) is 11.2. The Morgan fingerprint density at radius 1 is 1.25 bits per heavy atom. The van der Waals surface area contributed by atoms with Gasteiger partial charge in [-0.05, 0) is 38.0 Å². The van der Waals surface area contributed by atoms with E-state index < -0.39 is 0 Å². The van der Waals surface area contributed by atoms with Crippen molar-refractivity contribution in [3.8, 4) is 0 Å². The van der Waals surface area contributed by atoms with Gasteiger partial charge in [0.1, 0.15) is 5.54 Å². The molecule has 2 unspecified atom stereocenters. The molecule has 0 aliphatic heterocycles. The van der Waals surface area contributed by atoms with Crippen molar-refractivity contribution in [1.29, 1.82) is 0 Å². The van der Waals surface area contributed by atoms with Crippen molar-refractivity contribution in [3.63, 3.8) is 0 Å². The lowest BCUT2D eigenvalue weighted by Crippen LogP contribution is -2.34. The number of hydrogen-bond acceptors (Lipinski definition) is 2. The Hall–Kier alpha value is -0.400. The van der Waals surface area contributed by atoms with Gasteiger partial charge < -0.3 is 0 Å². The molecule has 0 spiro atoms. The van der Waals surface area contributed by atoms with Gasteiger partial charge in [-0.2, -0.15) is 4.91 Å². The van der Waals surface area contributed by atoms with Crippen molar-refractivity contribution in [2.24, 2.45) is 17.0 Å². The van der Waals surface area contributed by atoms with E-state index in [9.17, 15) is 4.91 Å². The topological polar surface area (TPSA) is 29.4 Å². The molecule has 1 fully saturated rings. The molecule has 0 aromatic rings. The second kappa shape index (κ2) is 6.36. The summed E-state index contributed by atoms with van der Waals surface area (Å²) in [5, 5.41) is 3.52. The molecule has 2 nitrogen and oxygen atoms in total. The van der Waals surface area contributed by atoms with Crippen LogP contribution in [-0.2, 0) is 0 Å². The Bertz CT molecular complexity index is 209. The molecular weight excluding hydrogens is 198 g/mol. The lowest BCUT2D eigenvalue weighted by Gasteiger charge is -2.32. The van der Waals surface area contributed by atoms with Crippen LogP contribution in [0.25, 0.3) is 0 Å². The van der Waals surface area contributed by atoms with Gasteiger partial charge in [0.05, 0.1) is 0 Å². The van der Waals surface area contributed by atoms with Crippen molar-refractivity contribution in [2.75, 3.05) is 0 Å². The van der Waals surface area contributed by atoms with Crippen molar-refractivity contribution < 1.29 is 0 Å². The van der Waals surface area contributed by atoms with Gasteiger partial charge in [0.15, 0.2) is 0 Å². The molecule has 0 N–H and O–H groups in total. The maximum atomic E-state index is 11.2. The van der Waals surface area contributed by atoms with Crippen LogP contribution in [0.3, 0.4) is 0 Å². The third kappa shape index (κ3) is 3.57. The fourth-order valence-corrected chi connectivity index (χ4v) is 3.03. The fourth-order valence-electron chi connectivity index (χ4n) is 3.03. The monoisotopic (exact) mass is 225 g/mol. The molecule has 1 aliphatic rings. The van der Waals surface area contributed by atoms with Gasteiger partial charge >= 0.3 is 0 Å². The minimum absolute atomic E-state index is 0.306. The summed E-state index contributed by atoms with van der Waals surface area (Å²) in [6.45, 7) is 6.52. The van der Waals surface area contributed by atoms with E-state index in [1.165, 1.54) is 38.5 Å². The van der Waals surface area contributed by atoms with Crippen molar-refractivity contribution in [1.82, 2.24) is 0 Å². The third-order valence-corrected chi connectivity index (χ3v) is 4.40. The number of nitroso groups, excluding NO2 is 1. The van der Waals surface area contributed by atoms with Crippen LogP contribution in [0.15, 0.2) is 5.18 Å². The summed E-state index contributed by atoms with van der Waals surface area (Å²) in [5.41, 5.74) is -0.306. The van der Waals surface area contributed by atoms with Gasteiger partial charge in [-0.1, -0.05) is 51.1 Å². The Balaban J connectivity index is 2.64. The maximum absolute atomic E-state index is 11.2. The van der Waals surface area contributed by atoms with E-state index in [4.69, 9.17) is 0 Å². The molecule has 0 aromatic carbocycles. The first-order valence-corrected chi connectivity index (χ1v) is 6.97. The fraction of sp³-hybridized carbons (Fsp3) is 1.00. The van der Waals surface area contributed by atoms with Crippen LogP contribution >= 0.6 is 0 Å². The standard InChI is InChI=1S/C14H27NO/c1-4-12(2)11-14(3,15-16)13-9-7-5-6-8-10-13/h12-13H,4-11H2,1-3H3. The van der Waals surface area contributed by atoms with E-state index in [2.05, 4.69) is 25.9 Å². The highest BCUT2D eigenvalue weighted by Crippen LogP contribution is 2.38. The summed E-state index contributed by atoms with van der Waals surface area (Å²) in [5.74, 6) is 1.15. The zero-order chi connectivity index (χ0) is 12.0. The highest BCUT2D eigenvalue weighted by Gasteiger charge is 2.36. The van der Waals surface area contributed by atoms with Crippen molar-refractivity contribution in [2.45, 2.75) is 77.7 Å². The Labute approximate surface area is 100 Å². The zero-order valence-electron chi connectivity index (χ0n) is 11.2. The zero-order valence-corrected chi connectivity index (χ0v) is 11.2. The van der Waals surface area contributed by atoms with E-state index in [0.717, 1.165) is 12.8 Å². The first-order valence-electron chi connectivity index (χ1n) is 6.97. The molecule has 0 heterocycles. The molecule has 94 valence electrons. The molecule has 1 rings (SSSR count). The second-order valence-electron chi connectivity index (χ2n) is 5.85. The molecule has 1 aliphatic carbocycles. The Morgan fingerprint density at radius 3 is 2.25 bits per heavy atom. The lowest BCUT2D eigenvalue weighted by molar-refractivity contribution is 0.218. The average molecular weight is 225 g/mol. The molecule has 1 saturated carbocycles. The van der Waals surface area contributed by atoms with Crippen molar-refractivity contribution in [3.05, 3.63) is 4.91 Å². The summed E-state index contributed by atoms with van der Waals surface area (Å²) >= 11 is 0. The third-order valence-electron chi connectivity index (χ3n) is 4.40. The molecule has 0 amide bonds. The lowest BCUT2D eigenvalue weighted by atomic mass is 9.75. The van der Waals surface area contributed by atoms with Crippen LogP contribution < -0.4 is 0 Å². The van der Waals surface area contributed by atoms with Gasteiger partial charge in [0.25, 0.3) is 0 Å². The van der Waals surface area contributed by atoms with E-state index >= 15 is 0 Å². The predicted octanol–water partition coefficient (Wildman–Crippen LogP) is 4.92. The normalized spacial score (nSPS) is 24.4. The number of nitrogens with zero attached hydrogens (tertiary/aromatic N) is 1. The minimum Gasteiger partial charge on any atom is -0.150 e. The summed E-state index contributed by atoms with van der Waals surface area (Å²) < 4.78 is 0. The van der Waals surface area contributed by atoms with Gasteiger partial charge in [-0.15, -0.1) is 0 Å². The Morgan fingerprint density at radius 2 is 1.81 bits per heavy atom. The second-order valence-corrected chi connectivity index (χ2v) is 5.85. The molecule has 2 heteroatoms. The van der Waals surface area contributed by atoms with E-state index in [-0.39, 0.29) is 5.54 Å². The molecule has 16 heavy (non-hydrogen) atoms. The molecule has 0 radical (unpaired) electrons. The van der Waals surface area contributed by atoms with Gasteiger partial charge in [0.2, 0.25) is 0 Å². The summed E-state index contributed by atoms with van der Waals surface area (Å²) in [6.07, 6.45) is 9.79. The highest BCUT2D eigenvalue weighted by atomic mass is 16.3. The molecule has 0 bridgehead atoms. The van der Waals surface area contributed by atoms with Crippen LogP contribution in [0.1, 0.15) is 72.1 Å². The molecule has 0 saturated heterocycles. The van der Waals surface area contributed by atoms with Crippen LogP contribution in [0.2, 0.25) is 0 Å². The number of hydrogen-bond donors (Lipinski definition) is 0. The highest BCUT2D eigenvalue weighted by molar-refractivity contribution is 4.92. The summed E-state index contributed by atoms with van der Waals surface area (Å²) in [7, 11) is 0. The van der Waals surface area contributed by atoms with Gasteiger partial charge in [-0.3, -0.25) is 0 Å². The smallest absolute Gasteiger partial charge is 0.103 e. The van der Waals surface area contributed by atoms with Crippen LogP contribution in [0.5, 0.6) is 0 Å². The first kappa shape index (κ1) is 13.7. The SMILES string of the molecule is CCC(C)CC(C)(N=O)C1CCCCCC1. The molecule has 2 atom stereocenters. The van der Waals surface area contributed by atoms with Crippen molar-refractivity contribution >= 4 is 0 Å². The molecular formula is C14H27NO. The van der Waals surface area contributed by atoms with E-state index in [0.29, 0.717) is 11.8 Å². The molecule has 0 aromatic heterocycles. The van der Waals surface area contributed by atoms with E-state index in [1.807, 2.05) is 0 Å².